The summed E-state index contributed by atoms with van der Waals surface area (Å²) in [6.45, 7) is 2.99. The SMILES string of the molecule is CCOc1cc(C=Nn2c(C)nc3ccc(Br)cc3c2=O)cc([N+](=O)[O-])c1OCC(=O)Nc1ccc(Cl)cc1. The standard InChI is InChI=1S/C26H21BrClN5O6/c1-3-38-23-11-16(13-29-32-15(2)30-21-9-4-17(27)12-20(21)26(32)35)10-22(33(36)37)25(23)39-14-24(34)31-19-7-5-18(28)6-8-19/h4-13H,3,14H2,1-2H3,(H,31,34). The zero-order valence-corrected chi connectivity index (χ0v) is 23.0. The summed E-state index contributed by atoms with van der Waals surface area (Å²) in [6.07, 6.45) is 1.28. The van der Waals surface area contributed by atoms with E-state index in [-0.39, 0.29) is 23.7 Å². The van der Waals surface area contributed by atoms with E-state index in [0.717, 1.165) is 4.68 Å². The molecule has 11 nitrogen and oxygen atoms in total. The van der Waals surface area contributed by atoms with Crippen LogP contribution in [0.25, 0.3) is 10.9 Å². The molecule has 4 aromatic rings. The van der Waals surface area contributed by atoms with Gasteiger partial charge in [-0.25, -0.2) is 4.98 Å². The second-order valence-electron chi connectivity index (χ2n) is 8.08. The number of nitrogens with zero attached hydrogens (tertiary/aromatic N) is 4. The molecule has 0 bridgehead atoms. The van der Waals surface area contributed by atoms with Gasteiger partial charge < -0.3 is 14.8 Å². The number of aromatic nitrogens is 2. The molecule has 1 amide bonds. The van der Waals surface area contributed by atoms with Gasteiger partial charge in [0.05, 0.1) is 28.6 Å². The maximum absolute atomic E-state index is 13.0. The van der Waals surface area contributed by atoms with Gasteiger partial charge in [0.1, 0.15) is 5.82 Å². The molecule has 0 spiro atoms. The maximum Gasteiger partial charge on any atom is 0.315 e. The van der Waals surface area contributed by atoms with Gasteiger partial charge in [0.15, 0.2) is 12.4 Å². The minimum Gasteiger partial charge on any atom is -0.490 e. The Kier molecular flexibility index (Phi) is 8.57. The molecule has 0 aliphatic heterocycles. The number of fused-ring (bicyclic) bond motifs is 1. The van der Waals surface area contributed by atoms with Crippen LogP contribution in [0.3, 0.4) is 0 Å². The maximum atomic E-state index is 13.0. The normalized spacial score (nSPS) is 11.1. The average Bonchev–Trinajstić information content (AvgIpc) is 2.89. The van der Waals surface area contributed by atoms with Crippen LogP contribution in [-0.4, -0.2) is 39.9 Å². The number of ether oxygens (including phenoxy) is 2. The van der Waals surface area contributed by atoms with Gasteiger partial charge in [-0.3, -0.25) is 19.7 Å². The molecule has 0 aliphatic rings. The first kappa shape index (κ1) is 27.7. The van der Waals surface area contributed by atoms with Gasteiger partial charge in [-0.15, -0.1) is 0 Å². The molecule has 0 aliphatic carbocycles. The number of aryl methyl sites for hydroxylation is 1. The molecular weight excluding hydrogens is 594 g/mol. The molecule has 1 aromatic heterocycles. The van der Waals surface area contributed by atoms with Crippen LogP contribution in [0.2, 0.25) is 5.02 Å². The topological polar surface area (TPSA) is 138 Å². The van der Waals surface area contributed by atoms with Crippen molar-refractivity contribution in [3.05, 3.63) is 95.9 Å². The second-order valence-corrected chi connectivity index (χ2v) is 9.44. The van der Waals surface area contributed by atoms with E-state index in [0.29, 0.717) is 31.9 Å². The summed E-state index contributed by atoms with van der Waals surface area (Å²) < 4.78 is 12.9. The number of carbonyl (C=O) groups is 1. The first-order chi connectivity index (χ1) is 18.7. The molecule has 0 unspecified atom stereocenters. The minimum absolute atomic E-state index is 0.0390. The lowest BCUT2D eigenvalue weighted by Gasteiger charge is -2.13. The summed E-state index contributed by atoms with van der Waals surface area (Å²) in [5, 5.41) is 19.6. The molecule has 0 saturated carbocycles. The van der Waals surface area contributed by atoms with E-state index in [1.54, 1.807) is 56.3 Å². The number of halogens is 2. The number of carbonyl (C=O) groups excluding carboxylic acids is 1. The smallest absolute Gasteiger partial charge is 0.315 e. The summed E-state index contributed by atoms with van der Waals surface area (Å²) in [6, 6.07) is 14.3. The van der Waals surface area contributed by atoms with Crippen LogP contribution in [0.5, 0.6) is 11.5 Å². The van der Waals surface area contributed by atoms with Crippen molar-refractivity contribution in [2.24, 2.45) is 5.10 Å². The summed E-state index contributed by atoms with van der Waals surface area (Å²) in [5.41, 5.74) is 0.430. The van der Waals surface area contributed by atoms with Crippen LogP contribution < -0.4 is 20.3 Å². The van der Waals surface area contributed by atoms with E-state index in [9.17, 15) is 19.7 Å². The number of hydrogen-bond donors (Lipinski definition) is 1. The summed E-state index contributed by atoms with van der Waals surface area (Å²) in [5.74, 6) is -0.379. The Morgan fingerprint density at radius 3 is 2.64 bits per heavy atom. The summed E-state index contributed by atoms with van der Waals surface area (Å²) in [4.78, 5) is 41.0. The predicted octanol–water partition coefficient (Wildman–Crippen LogP) is 5.33. The van der Waals surface area contributed by atoms with E-state index in [2.05, 4.69) is 31.3 Å². The van der Waals surface area contributed by atoms with E-state index in [1.807, 2.05) is 0 Å². The third-order valence-electron chi connectivity index (χ3n) is 5.32. The highest BCUT2D eigenvalue weighted by Gasteiger charge is 2.23. The van der Waals surface area contributed by atoms with E-state index in [4.69, 9.17) is 21.1 Å². The van der Waals surface area contributed by atoms with Gasteiger partial charge >= 0.3 is 5.69 Å². The van der Waals surface area contributed by atoms with Crippen molar-refractivity contribution < 1.29 is 19.2 Å². The van der Waals surface area contributed by atoms with Crippen LogP contribution in [0.15, 0.2) is 69.0 Å². The largest absolute Gasteiger partial charge is 0.490 e. The Bertz CT molecular complexity index is 1660. The van der Waals surface area contributed by atoms with E-state index < -0.39 is 28.7 Å². The van der Waals surface area contributed by atoms with Gasteiger partial charge in [-0.1, -0.05) is 27.5 Å². The van der Waals surface area contributed by atoms with Crippen LogP contribution in [0, 0.1) is 17.0 Å². The Labute approximate surface area is 235 Å². The van der Waals surface area contributed by atoms with Crippen LogP contribution in [0.1, 0.15) is 18.3 Å². The van der Waals surface area contributed by atoms with Crippen molar-refractivity contribution in [1.29, 1.82) is 0 Å². The lowest BCUT2D eigenvalue weighted by atomic mass is 10.2. The van der Waals surface area contributed by atoms with Crippen molar-refractivity contribution >= 4 is 61.9 Å². The quantitative estimate of drug-likeness (QED) is 0.153. The van der Waals surface area contributed by atoms with E-state index in [1.165, 1.54) is 18.3 Å². The lowest BCUT2D eigenvalue weighted by molar-refractivity contribution is -0.385. The molecule has 0 saturated heterocycles. The molecular formula is C26H21BrClN5O6. The summed E-state index contributed by atoms with van der Waals surface area (Å²) in [7, 11) is 0. The number of nitro groups is 1. The minimum atomic E-state index is -0.654. The lowest BCUT2D eigenvalue weighted by Crippen LogP contribution is -2.21. The zero-order chi connectivity index (χ0) is 28.1. The molecule has 3 aromatic carbocycles. The molecule has 200 valence electrons. The molecule has 39 heavy (non-hydrogen) atoms. The zero-order valence-electron chi connectivity index (χ0n) is 20.7. The summed E-state index contributed by atoms with van der Waals surface area (Å²) >= 11 is 9.19. The highest BCUT2D eigenvalue weighted by molar-refractivity contribution is 9.10. The van der Waals surface area contributed by atoms with Crippen molar-refractivity contribution in [3.8, 4) is 11.5 Å². The molecule has 0 radical (unpaired) electrons. The van der Waals surface area contributed by atoms with Gasteiger partial charge in [-0.05, 0) is 62.4 Å². The van der Waals surface area contributed by atoms with Gasteiger partial charge in [0.25, 0.3) is 11.5 Å². The van der Waals surface area contributed by atoms with Gasteiger partial charge in [0, 0.05) is 26.8 Å². The monoisotopic (exact) mass is 613 g/mol. The third-order valence-corrected chi connectivity index (χ3v) is 6.07. The average molecular weight is 615 g/mol. The van der Waals surface area contributed by atoms with Crippen molar-refractivity contribution in [2.75, 3.05) is 18.5 Å². The Morgan fingerprint density at radius 2 is 1.95 bits per heavy atom. The first-order valence-corrected chi connectivity index (χ1v) is 12.7. The Balaban J connectivity index is 1.64. The molecule has 4 rings (SSSR count). The number of amides is 1. The Hall–Kier alpha value is -4.29. The molecule has 1 N–H and O–H groups in total. The molecule has 13 heteroatoms. The van der Waals surface area contributed by atoms with Crippen LogP contribution in [0.4, 0.5) is 11.4 Å². The number of nitro benzene ring substituents is 1. The number of hydrogen-bond acceptors (Lipinski definition) is 8. The van der Waals surface area contributed by atoms with Gasteiger partial charge in [0.2, 0.25) is 5.75 Å². The number of nitrogens with one attached hydrogen (secondary N) is 1. The van der Waals surface area contributed by atoms with Crippen molar-refractivity contribution in [1.82, 2.24) is 9.66 Å². The molecule has 0 atom stereocenters. The second kappa shape index (κ2) is 12.0. The fourth-order valence-electron chi connectivity index (χ4n) is 3.61. The van der Waals surface area contributed by atoms with Crippen molar-refractivity contribution in [2.45, 2.75) is 13.8 Å². The predicted molar refractivity (Wildman–Crippen MR) is 151 cm³/mol. The van der Waals surface area contributed by atoms with E-state index >= 15 is 0 Å². The highest BCUT2D eigenvalue weighted by atomic mass is 79.9. The Morgan fingerprint density at radius 1 is 1.21 bits per heavy atom. The highest BCUT2D eigenvalue weighted by Crippen LogP contribution is 2.38. The fraction of sp³-hybridized carbons (Fsp3) is 0.154. The first-order valence-electron chi connectivity index (χ1n) is 11.5. The molecule has 0 fully saturated rings. The number of anilines is 1. The number of rotatable bonds is 9. The van der Waals surface area contributed by atoms with Gasteiger partial charge in [-0.2, -0.15) is 9.78 Å². The fourth-order valence-corrected chi connectivity index (χ4v) is 4.10. The van der Waals surface area contributed by atoms with Crippen LogP contribution in [-0.2, 0) is 4.79 Å². The van der Waals surface area contributed by atoms with Crippen molar-refractivity contribution in [3.63, 3.8) is 0 Å². The third kappa shape index (κ3) is 6.59. The molecule has 1 heterocycles. The number of benzene rings is 3. The van der Waals surface area contributed by atoms with Crippen LogP contribution >= 0.6 is 27.5 Å².